The Balaban J connectivity index is -0.0000000150. The molecule has 0 aliphatic rings. The summed E-state index contributed by atoms with van der Waals surface area (Å²) < 4.78 is 0. The SMILES string of the molecule is O=[N+]([O-])[O-].O=[N+]([O-])[O-].O=[N+]([O-])[O-].O=[N+]([O-])[O-].[Ca+2].[Ca+2].[Ca+2].[Li+]. The predicted octanol–water partition coefficient (Wildman–Crippen LogP) is -5.09. The molecule has 0 rings (SSSR count). The van der Waals surface area contributed by atoms with Crippen molar-refractivity contribution < 1.29 is 39.2 Å². The van der Waals surface area contributed by atoms with Gasteiger partial charge in [0.1, 0.15) is 0 Å². The quantitative estimate of drug-likeness (QED) is 0.218. The summed E-state index contributed by atoms with van der Waals surface area (Å²) in [6, 6.07) is 0. The van der Waals surface area contributed by atoms with Crippen LogP contribution < -0.4 is 18.9 Å². The van der Waals surface area contributed by atoms with Gasteiger partial charge in [0.15, 0.2) is 0 Å². The Labute approximate surface area is 210 Å². The van der Waals surface area contributed by atoms with Crippen molar-refractivity contribution in [3.63, 3.8) is 0 Å². The van der Waals surface area contributed by atoms with Crippen molar-refractivity contribution in [3.8, 4) is 0 Å². The molecule has 0 amide bonds. The molecule has 96 valence electrons. The molecule has 0 aliphatic carbocycles. The van der Waals surface area contributed by atoms with Crippen LogP contribution in [-0.4, -0.2) is 134 Å². The van der Waals surface area contributed by atoms with Gasteiger partial charge in [0.2, 0.25) is 0 Å². The van der Waals surface area contributed by atoms with Gasteiger partial charge in [-0.1, -0.05) is 0 Å². The summed E-state index contributed by atoms with van der Waals surface area (Å²) in [5.41, 5.74) is 0. The zero-order valence-corrected chi connectivity index (χ0v) is 16.4. The van der Waals surface area contributed by atoms with Crippen LogP contribution in [0, 0.1) is 61.3 Å². The molecule has 0 spiro atoms. The molecule has 20 heavy (non-hydrogen) atoms. The van der Waals surface area contributed by atoms with Crippen LogP contribution in [-0.2, 0) is 0 Å². The molecule has 0 aliphatic heterocycles. The summed E-state index contributed by atoms with van der Waals surface area (Å²) in [5.74, 6) is 0. The van der Waals surface area contributed by atoms with E-state index in [-0.39, 0.29) is 132 Å². The largest absolute Gasteiger partial charge is 2.00 e. The van der Waals surface area contributed by atoms with E-state index >= 15 is 0 Å². The Morgan fingerprint density at radius 3 is 0.400 bits per heavy atom. The van der Waals surface area contributed by atoms with E-state index in [4.69, 9.17) is 61.3 Å². The third-order valence-corrected chi connectivity index (χ3v) is 0. The third kappa shape index (κ3) is 4580. The number of hydrogen-bond acceptors (Lipinski definition) is 12. The van der Waals surface area contributed by atoms with E-state index in [0.29, 0.717) is 0 Å². The maximum Gasteiger partial charge on any atom is 2.00 e. The van der Waals surface area contributed by atoms with Gasteiger partial charge in [-0.15, -0.1) is 0 Å². The van der Waals surface area contributed by atoms with Gasteiger partial charge in [-0.3, -0.25) is 0 Å². The topological polar surface area (TPSA) is 265 Å². The van der Waals surface area contributed by atoms with E-state index in [2.05, 4.69) is 0 Å². The van der Waals surface area contributed by atoms with Crippen LogP contribution in [0.15, 0.2) is 0 Å². The van der Waals surface area contributed by atoms with Crippen LogP contribution in [0.1, 0.15) is 0 Å². The first-order chi connectivity index (χ1) is 6.93. The second-order valence-electron chi connectivity index (χ2n) is 0.894. The maximum atomic E-state index is 8.25. The summed E-state index contributed by atoms with van der Waals surface area (Å²) in [4.78, 5) is 33.0. The first kappa shape index (κ1) is 49.7. The van der Waals surface area contributed by atoms with Gasteiger partial charge in [0, 0.05) is 0 Å². The van der Waals surface area contributed by atoms with Crippen molar-refractivity contribution in [2.75, 3.05) is 0 Å². The monoisotopic (exact) mass is 375 g/mol. The van der Waals surface area contributed by atoms with Gasteiger partial charge < -0.3 is 61.3 Å². The standard InChI is InChI=1S/3Ca.Li.4NO3/c;;;;4*2-1(3)4/q3*+2;+1;4*-1. The van der Waals surface area contributed by atoms with Crippen molar-refractivity contribution in [1.29, 1.82) is 0 Å². The molecule has 0 unspecified atom stereocenters. The number of hydrogen-bond donors (Lipinski definition) is 0. The van der Waals surface area contributed by atoms with Gasteiger partial charge in [-0.05, 0) is 0 Å². The van der Waals surface area contributed by atoms with E-state index in [1.807, 2.05) is 0 Å². The molecule has 0 saturated heterocycles. The van der Waals surface area contributed by atoms with E-state index in [1.54, 1.807) is 0 Å². The first-order valence-corrected chi connectivity index (χ1v) is 2.19. The fourth-order valence-electron chi connectivity index (χ4n) is 0. The second kappa shape index (κ2) is 42.7. The molecule has 0 saturated carbocycles. The Kier molecular flexibility index (Phi) is 106. The Bertz CT molecular complexity index is 171. The van der Waals surface area contributed by atoms with Crippen LogP contribution in [0.25, 0.3) is 0 Å². The van der Waals surface area contributed by atoms with Crippen molar-refractivity contribution in [2.24, 2.45) is 0 Å². The molecular formula is Ca3LiN4O12+3. The van der Waals surface area contributed by atoms with Crippen LogP contribution in [0.4, 0.5) is 0 Å². The van der Waals surface area contributed by atoms with Gasteiger partial charge in [-0.2, -0.15) is 0 Å². The van der Waals surface area contributed by atoms with Gasteiger partial charge in [0.05, 0.1) is 20.3 Å². The molecule has 0 N–H and O–H groups in total. The van der Waals surface area contributed by atoms with E-state index in [0.717, 1.165) is 0 Å². The second-order valence-corrected chi connectivity index (χ2v) is 0.894. The van der Waals surface area contributed by atoms with E-state index in [9.17, 15) is 0 Å². The Morgan fingerprint density at radius 1 is 0.400 bits per heavy atom. The molecule has 0 atom stereocenters. The average Bonchev–Trinajstić information content (AvgIpc) is 1.76. The summed E-state index contributed by atoms with van der Waals surface area (Å²) in [5, 5.41) is 59.0. The minimum absolute atomic E-state index is 0. The molecular weight excluding hydrogens is 375 g/mol. The first-order valence-electron chi connectivity index (χ1n) is 2.19. The molecule has 0 bridgehead atoms. The van der Waals surface area contributed by atoms with E-state index < -0.39 is 20.3 Å². The fraction of sp³-hybridized carbons (Fsp3) is 0. The molecule has 16 nitrogen and oxygen atoms in total. The van der Waals surface area contributed by atoms with Crippen LogP contribution >= 0.6 is 0 Å². The van der Waals surface area contributed by atoms with E-state index in [1.165, 1.54) is 0 Å². The van der Waals surface area contributed by atoms with Crippen molar-refractivity contribution in [3.05, 3.63) is 61.3 Å². The zero-order valence-electron chi connectivity index (χ0n) is 9.81. The average molecular weight is 375 g/mol. The molecule has 20 heteroatoms. The molecule has 0 aromatic heterocycles. The smallest absolute Gasteiger partial charge is 0.356 e. The van der Waals surface area contributed by atoms with Crippen molar-refractivity contribution in [1.82, 2.24) is 0 Å². The predicted molar refractivity (Wildman–Crippen MR) is 58.7 cm³/mol. The molecule has 0 radical (unpaired) electrons. The zero-order chi connectivity index (χ0) is 14.3. The summed E-state index contributed by atoms with van der Waals surface area (Å²) in [6.07, 6.45) is 0. The van der Waals surface area contributed by atoms with Crippen molar-refractivity contribution >= 4 is 113 Å². The normalized spacial score (nSPS) is 4.80. The number of nitrogens with zero attached hydrogens (tertiary/aromatic N) is 4. The van der Waals surface area contributed by atoms with Crippen molar-refractivity contribution in [2.45, 2.75) is 0 Å². The minimum Gasteiger partial charge on any atom is -0.356 e. The molecule has 0 heterocycles. The molecule has 0 fully saturated rings. The Hall–Kier alpha value is 1.18. The fourth-order valence-corrected chi connectivity index (χ4v) is 0. The minimum atomic E-state index is -1.75. The summed E-state index contributed by atoms with van der Waals surface area (Å²) in [6.45, 7) is 0. The Morgan fingerprint density at radius 2 is 0.400 bits per heavy atom. The number of rotatable bonds is 0. The third-order valence-electron chi connectivity index (χ3n) is 0. The van der Waals surface area contributed by atoms with Crippen LogP contribution in [0.3, 0.4) is 0 Å². The molecule has 0 aromatic rings. The van der Waals surface area contributed by atoms with Gasteiger partial charge >= 0.3 is 132 Å². The van der Waals surface area contributed by atoms with Gasteiger partial charge in [-0.25, -0.2) is 0 Å². The summed E-state index contributed by atoms with van der Waals surface area (Å²) in [7, 11) is 0. The summed E-state index contributed by atoms with van der Waals surface area (Å²) >= 11 is 0. The van der Waals surface area contributed by atoms with Crippen LogP contribution in [0.5, 0.6) is 0 Å². The maximum absolute atomic E-state index is 8.25. The van der Waals surface area contributed by atoms with Gasteiger partial charge in [0.25, 0.3) is 0 Å². The molecule has 0 aromatic carbocycles. The van der Waals surface area contributed by atoms with Crippen LogP contribution in [0.2, 0.25) is 0 Å².